The third-order valence-corrected chi connectivity index (χ3v) is 7.44. The molecule has 0 bridgehead atoms. The fraction of sp³-hybridized carbons (Fsp3) is 0.273. The van der Waals surface area contributed by atoms with Gasteiger partial charge in [0.25, 0.3) is 0 Å². The molecular weight excluding hydrogens is 396 g/mol. The largest absolute Gasteiger partial charge is 0.0622 e. The molecule has 0 spiro atoms. The first-order chi connectivity index (χ1) is 16.0. The van der Waals surface area contributed by atoms with Crippen molar-refractivity contribution in [2.75, 3.05) is 0 Å². The van der Waals surface area contributed by atoms with Crippen molar-refractivity contribution in [2.45, 2.75) is 57.8 Å². The lowest BCUT2D eigenvalue weighted by Crippen LogP contribution is -2.31. The van der Waals surface area contributed by atoms with E-state index in [1.54, 1.807) is 0 Å². The highest BCUT2D eigenvalue weighted by Crippen LogP contribution is 2.53. The lowest BCUT2D eigenvalue weighted by Gasteiger charge is -2.34. The maximum absolute atomic E-state index is 2.51. The lowest BCUT2D eigenvalue weighted by atomic mass is 9.69. The van der Waals surface area contributed by atoms with E-state index >= 15 is 0 Å². The first kappa shape index (κ1) is 21.7. The van der Waals surface area contributed by atoms with E-state index < -0.39 is 0 Å². The first-order valence-corrected chi connectivity index (χ1v) is 12.3. The van der Waals surface area contributed by atoms with Crippen LogP contribution in [0, 0.1) is 0 Å². The van der Waals surface area contributed by atoms with Gasteiger partial charge >= 0.3 is 0 Å². The third kappa shape index (κ3) is 3.93. The third-order valence-electron chi connectivity index (χ3n) is 7.44. The van der Waals surface area contributed by atoms with Crippen molar-refractivity contribution in [1.29, 1.82) is 0 Å². The Morgan fingerprint density at radius 3 is 1.27 bits per heavy atom. The molecule has 33 heavy (non-hydrogen) atoms. The molecular formula is C33H34. The average Bonchev–Trinajstić information content (AvgIpc) is 3.09. The Labute approximate surface area is 199 Å². The van der Waals surface area contributed by atoms with Crippen LogP contribution in [0.4, 0.5) is 0 Å². The molecule has 166 valence electrons. The Bertz CT molecular complexity index is 1140. The highest BCUT2D eigenvalue weighted by atomic mass is 14.5. The van der Waals surface area contributed by atoms with Gasteiger partial charge in [-0.2, -0.15) is 0 Å². The lowest BCUT2D eigenvalue weighted by molar-refractivity contribution is 0.518. The molecule has 0 fully saturated rings. The molecule has 0 aliphatic heterocycles. The van der Waals surface area contributed by atoms with E-state index in [4.69, 9.17) is 0 Å². The van der Waals surface area contributed by atoms with Crippen LogP contribution < -0.4 is 0 Å². The van der Waals surface area contributed by atoms with Crippen LogP contribution in [-0.2, 0) is 18.3 Å². The van der Waals surface area contributed by atoms with Gasteiger partial charge in [-0.25, -0.2) is 0 Å². The molecule has 4 aromatic rings. The SMILES string of the molecule is CC(C)c1ccc2c(c1)C(Cc1ccccc1)(Cc1ccccc1)c1cc(C(C)C)ccc1-2. The minimum atomic E-state index is -0.0802. The Balaban J connectivity index is 1.80. The number of fused-ring (bicyclic) bond motifs is 3. The number of benzene rings is 4. The van der Waals surface area contributed by atoms with Gasteiger partial charge in [0.15, 0.2) is 0 Å². The molecule has 0 heteroatoms. The molecule has 0 heterocycles. The van der Waals surface area contributed by atoms with Gasteiger partial charge in [0.1, 0.15) is 0 Å². The molecule has 0 saturated carbocycles. The van der Waals surface area contributed by atoms with Crippen LogP contribution in [0.25, 0.3) is 11.1 Å². The van der Waals surface area contributed by atoms with E-state index in [1.807, 2.05) is 0 Å². The summed E-state index contributed by atoms with van der Waals surface area (Å²) in [7, 11) is 0. The van der Waals surface area contributed by atoms with Crippen molar-refractivity contribution in [3.05, 3.63) is 130 Å². The highest BCUT2D eigenvalue weighted by molar-refractivity contribution is 5.82. The molecule has 0 amide bonds. The molecule has 1 aliphatic carbocycles. The zero-order valence-electron chi connectivity index (χ0n) is 20.3. The van der Waals surface area contributed by atoms with Crippen LogP contribution in [0.1, 0.15) is 72.9 Å². The second-order valence-corrected chi connectivity index (χ2v) is 10.3. The summed E-state index contributed by atoms with van der Waals surface area (Å²) in [5.41, 5.74) is 11.4. The van der Waals surface area contributed by atoms with E-state index in [2.05, 4.69) is 125 Å². The van der Waals surface area contributed by atoms with Gasteiger partial charge in [0, 0.05) is 5.41 Å². The number of hydrogen-bond acceptors (Lipinski definition) is 0. The summed E-state index contributed by atoms with van der Waals surface area (Å²) >= 11 is 0. The summed E-state index contributed by atoms with van der Waals surface area (Å²) < 4.78 is 0. The molecule has 1 aliphatic rings. The van der Waals surface area contributed by atoms with Crippen LogP contribution in [0.2, 0.25) is 0 Å². The molecule has 4 aromatic carbocycles. The van der Waals surface area contributed by atoms with Crippen LogP contribution in [-0.4, -0.2) is 0 Å². The van der Waals surface area contributed by atoms with Crippen molar-refractivity contribution in [1.82, 2.24) is 0 Å². The van der Waals surface area contributed by atoms with Crippen molar-refractivity contribution in [3.63, 3.8) is 0 Å². The normalized spacial score (nSPS) is 13.9. The number of rotatable bonds is 6. The van der Waals surface area contributed by atoms with Gasteiger partial charge in [0.05, 0.1) is 0 Å². The molecule has 0 unspecified atom stereocenters. The van der Waals surface area contributed by atoms with E-state index in [0.29, 0.717) is 11.8 Å². The standard InChI is InChI=1S/C33H34/c1-23(2)27-15-17-29-30-18-16-28(24(3)4)20-32(30)33(31(29)19-27,21-25-11-7-5-8-12-25)22-26-13-9-6-10-14-26/h5-20,23-24H,21-22H2,1-4H3. The molecule has 0 aromatic heterocycles. The van der Waals surface area contributed by atoms with Gasteiger partial charge in [0.2, 0.25) is 0 Å². The van der Waals surface area contributed by atoms with Gasteiger partial charge < -0.3 is 0 Å². The Morgan fingerprint density at radius 2 is 0.909 bits per heavy atom. The molecule has 0 N–H and O–H groups in total. The molecule has 0 atom stereocenters. The zero-order valence-corrected chi connectivity index (χ0v) is 20.3. The van der Waals surface area contributed by atoms with Crippen molar-refractivity contribution in [3.8, 4) is 11.1 Å². The molecule has 5 rings (SSSR count). The Morgan fingerprint density at radius 1 is 0.515 bits per heavy atom. The summed E-state index contributed by atoms with van der Waals surface area (Å²) in [5.74, 6) is 1.02. The smallest absolute Gasteiger partial charge is 0.0295 e. The van der Waals surface area contributed by atoms with Crippen molar-refractivity contribution >= 4 is 0 Å². The second-order valence-electron chi connectivity index (χ2n) is 10.3. The highest BCUT2D eigenvalue weighted by Gasteiger charge is 2.43. The number of hydrogen-bond donors (Lipinski definition) is 0. The molecule has 0 nitrogen and oxygen atoms in total. The van der Waals surface area contributed by atoms with Gasteiger partial charge in [-0.15, -0.1) is 0 Å². The van der Waals surface area contributed by atoms with Crippen LogP contribution in [0.5, 0.6) is 0 Å². The van der Waals surface area contributed by atoms with Gasteiger partial charge in [-0.3, -0.25) is 0 Å². The summed E-state index contributed by atoms with van der Waals surface area (Å²) in [6.07, 6.45) is 2.01. The van der Waals surface area contributed by atoms with Gasteiger partial charge in [-0.05, 0) is 69.2 Å². The van der Waals surface area contributed by atoms with Crippen LogP contribution >= 0.6 is 0 Å². The second kappa shape index (κ2) is 8.67. The topological polar surface area (TPSA) is 0 Å². The average molecular weight is 431 g/mol. The van der Waals surface area contributed by atoms with E-state index in [-0.39, 0.29) is 5.41 Å². The summed E-state index contributed by atoms with van der Waals surface area (Å²) in [6.45, 7) is 9.21. The van der Waals surface area contributed by atoms with E-state index in [0.717, 1.165) is 12.8 Å². The maximum Gasteiger partial charge on any atom is 0.0295 e. The predicted molar refractivity (Wildman–Crippen MR) is 141 cm³/mol. The minimum absolute atomic E-state index is 0.0802. The first-order valence-electron chi connectivity index (χ1n) is 12.3. The van der Waals surface area contributed by atoms with Crippen LogP contribution in [0.15, 0.2) is 97.1 Å². The minimum Gasteiger partial charge on any atom is -0.0622 e. The van der Waals surface area contributed by atoms with Crippen LogP contribution in [0.3, 0.4) is 0 Å². The summed E-state index contributed by atoms with van der Waals surface area (Å²) in [4.78, 5) is 0. The fourth-order valence-corrected chi connectivity index (χ4v) is 5.58. The Hall–Kier alpha value is -3.12. The zero-order chi connectivity index (χ0) is 23.0. The fourth-order valence-electron chi connectivity index (χ4n) is 5.58. The van der Waals surface area contributed by atoms with E-state index in [1.165, 1.54) is 44.5 Å². The summed E-state index contributed by atoms with van der Waals surface area (Å²) in [6, 6.07) is 36.6. The van der Waals surface area contributed by atoms with Gasteiger partial charge in [-0.1, -0.05) is 125 Å². The quantitative estimate of drug-likeness (QED) is 0.287. The molecule has 0 radical (unpaired) electrons. The van der Waals surface area contributed by atoms with Crippen molar-refractivity contribution in [2.24, 2.45) is 0 Å². The Kier molecular flexibility index (Phi) is 5.71. The monoisotopic (exact) mass is 430 g/mol. The summed E-state index contributed by atoms with van der Waals surface area (Å²) in [5, 5.41) is 0. The predicted octanol–water partition coefficient (Wildman–Crippen LogP) is 8.69. The maximum atomic E-state index is 2.51. The van der Waals surface area contributed by atoms with Crippen molar-refractivity contribution < 1.29 is 0 Å². The van der Waals surface area contributed by atoms with E-state index in [9.17, 15) is 0 Å². The molecule has 0 saturated heterocycles.